The lowest BCUT2D eigenvalue weighted by molar-refractivity contribution is 0.339. The van der Waals surface area contributed by atoms with Crippen LogP contribution >= 0.6 is 0 Å². The first-order chi connectivity index (χ1) is 9.69. The summed E-state index contributed by atoms with van der Waals surface area (Å²) >= 11 is 0. The van der Waals surface area contributed by atoms with Crippen molar-refractivity contribution >= 4 is 5.95 Å². The summed E-state index contributed by atoms with van der Waals surface area (Å²) in [6, 6.07) is 0.431. The van der Waals surface area contributed by atoms with E-state index in [2.05, 4.69) is 29.9 Å². The van der Waals surface area contributed by atoms with Crippen molar-refractivity contribution in [3.05, 3.63) is 17.5 Å². The summed E-state index contributed by atoms with van der Waals surface area (Å²) in [5.74, 6) is 2.45. The van der Waals surface area contributed by atoms with Gasteiger partial charge in [0.25, 0.3) is 0 Å². The van der Waals surface area contributed by atoms with Crippen molar-refractivity contribution in [1.82, 2.24) is 9.97 Å². The number of nitrogens with two attached hydrogens (primary N) is 1. The highest BCUT2D eigenvalue weighted by Gasteiger charge is 2.28. The SMILES string of the molecule is CC(C)C1CCc2nc(N3CCCC3CN)ncc2C1. The van der Waals surface area contributed by atoms with E-state index in [4.69, 9.17) is 10.7 Å². The summed E-state index contributed by atoms with van der Waals surface area (Å²) in [6.07, 6.45) is 7.96. The fourth-order valence-corrected chi connectivity index (χ4v) is 3.58. The van der Waals surface area contributed by atoms with Crippen LogP contribution in [-0.4, -0.2) is 29.1 Å². The lowest BCUT2D eigenvalue weighted by atomic mass is 9.80. The summed E-state index contributed by atoms with van der Waals surface area (Å²) in [5, 5.41) is 0. The number of nitrogens with zero attached hydrogens (tertiary/aromatic N) is 3. The highest BCUT2D eigenvalue weighted by atomic mass is 15.3. The average molecular weight is 274 g/mol. The number of rotatable bonds is 3. The largest absolute Gasteiger partial charge is 0.337 e. The van der Waals surface area contributed by atoms with Crippen LogP contribution in [0.3, 0.4) is 0 Å². The summed E-state index contributed by atoms with van der Waals surface area (Å²) in [6.45, 7) is 6.40. The van der Waals surface area contributed by atoms with Gasteiger partial charge in [0.15, 0.2) is 0 Å². The lowest BCUT2D eigenvalue weighted by Crippen LogP contribution is -2.37. The zero-order valence-electron chi connectivity index (χ0n) is 12.7. The van der Waals surface area contributed by atoms with Gasteiger partial charge in [0.05, 0.1) is 0 Å². The minimum atomic E-state index is 0.431. The van der Waals surface area contributed by atoms with Crippen LogP contribution < -0.4 is 10.6 Å². The molecular weight excluding hydrogens is 248 g/mol. The van der Waals surface area contributed by atoms with Crippen molar-refractivity contribution in [2.24, 2.45) is 17.6 Å². The maximum absolute atomic E-state index is 5.85. The minimum Gasteiger partial charge on any atom is -0.337 e. The second-order valence-electron chi connectivity index (χ2n) is 6.61. The second-order valence-corrected chi connectivity index (χ2v) is 6.61. The Morgan fingerprint density at radius 2 is 2.25 bits per heavy atom. The van der Waals surface area contributed by atoms with Gasteiger partial charge in [-0.2, -0.15) is 0 Å². The molecule has 0 bridgehead atoms. The maximum atomic E-state index is 5.85. The van der Waals surface area contributed by atoms with E-state index >= 15 is 0 Å². The van der Waals surface area contributed by atoms with E-state index in [1.165, 1.54) is 30.5 Å². The standard InChI is InChI=1S/C16H26N4/c1-11(2)12-5-6-15-13(8-12)10-18-16(19-15)20-7-3-4-14(20)9-17/h10-12,14H,3-9,17H2,1-2H3. The normalized spacial score (nSPS) is 26.1. The van der Waals surface area contributed by atoms with Gasteiger partial charge < -0.3 is 10.6 Å². The number of hydrogen-bond acceptors (Lipinski definition) is 4. The Hall–Kier alpha value is -1.16. The molecule has 2 atom stereocenters. The van der Waals surface area contributed by atoms with Crippen molar-refractivity contribution in [3.63, 3.8) is 0 Å². The molecular formula is C16H26N4. The average Bonchev–Trinajstić information content (AvgIpc) is 2.94. The van der Waals surface area contributed by atoms with Gasteiger partial charge in [0, 0.05) is 31.0 Å². The Kier molecular flexibility index (Phi) is 3.92. The maximum Gasteiger partial charge on any atom is 0.225 e. The molecule has 110 valence electrons. The van der Waals surface area contributed by atoms with Gasteiger partial charge in [-0.25, -0.2) is 9.97 Å². The Morgan fingerprint density at radius 1 is 1.40 bits per heavy atom. The molecule has 0 saturated carbocycles. The van der Waals surface area contributed by atoms with Crippen LogP contribution in [0.4, 0.5) is 5.95 Å². The van der Waals surface area contributed by atoms with Gasteiger partial charge in [-0.05, 0) is 49.5 Å². The first-order valence-electron chi connectivity index (χ1n) is 8.00. The van der Waals surface area contributed by atoms with Crippen molar-refractivity contribution in [2.45, 2.75) is 52.0 Å². The van der Waals surface area contributed by atoms with Gasteiger partial charge >= 0.3 is 0 Å². The summed E-state index contributed by atoms with van der Waals surface area (Å²) in [5.41, 5.74) is 8.49. The fourth-order valence-electron chi connectivity index (χ4n) is 3.58. The van der Waals surface area contributed by atoms with E-state index < -0.39 is 0 Å². The zero-order valence-corrected chi connectivity index (χ0v) is 12.7. The Balaban J connectivity index is 1.80. The zero-order chi connectivity index (χ0) is 14.1. The quantitative estimate of drug-likeness (QED) is 0.917. The minimum absolute atomic E-state index is 0.431. The first kappa shape index (κ1) is 13.8. The molecule has 0 amide bonds. The van der Waals surface area contributed by atoms with Gasteiger partial charge in [0.2, 0.25) is 5.95 Å². The van der Waals surface area contributed by atoms with Crippen LogP contribution in [0.15, 0.2) is 6.20 Å². The van der Waals surface area contributed by atoms with Gasteiger partial charge in [-0.3, -0.25) is 0 Å². The van der Waals surface area contributed by atoms with Crippen LogP contribution in [0.5, 0.6) is 0 Å². The molecule has 1 saturated heterocycles. The summed E-state index contributed by atoms with van der Waals surface area (Å²) in [7, 11) is 0. The Morgan fingerprint density at radius 3 is 3.00 bits per heavy atom. The third kappa shape index (κ3) is 2.53. The highest BCUT2D eigenvalue weighted by molar-refractivity contribution is 5.37. The van der Waals surface area contributed by atoms with Crippen molar-refractivity contribution < 1.29 is 0 Å². The van der Waals surface area contributed by atoms with Crippen LogP contribution in [-0.2, 0) is 12.8 Å². The second kappa shape index (κ2) is 5.68. The van der Waals surface area contributed by atoms with E-state index in [1.807, 2.05) is 0 Å². The number of fused-ring (bicyclic) bond motifs is 1. The van der Waals surface area contributed by atoms with Crippen LogP contribution in [0.1, 0.15) is 44.4 Å². The first-order valence-corrected chi connectivity index (χ1v) is 8.00. The molecule has 2 N–H and O–H groups in total. The summed E-state index contributed by atoms with van der Waals surface area (Å²) in [4.78, 5) is 11.8. The predicted octanol–water partition coefficient (Wildman–Crippen LogP) is 2.17. The molecule has 0 aromatic carbocycles. The molecule has 20 heavy (non-hydrogen) atoms. The van der Waals surface area contributed by atoms with Crippen molar-refractivity contribution in [1.29, 1.82) is 0 Å². The van der Waals surface area contributed by atoms with Crippen molar-refractivity contribution in [3.8, 4) is 0 Å². The molecule has 0 spiro atoms. The molecule has 2 heterocycles. The molecule has 1 aliphatic heterocycles. The molecule has 4 heteroatoms. The molecule has 1 fully saturated rings. The molecule has 0 radical (unpaired) electrons. The van der Waals surface area contributed by atoms with Crippen LogP contribution in [0.2, 0.25) is 0 Å². The molecule has 1 aromatic rings. The molecule has 3 rings (SSSR count). The van der Waals surface area contributed by atoms with Crippen LogP contribution in [0.25, 0.3) is 0 Å². The molecule has 2 aliphatic rings. The predicted molar refractivity (Wildman–Crippen MR) is 81.8 cm³/mol. The van der Waals surface area contributed by atoms with E-state index in [1.54, 1.807) is 0 Å². The molecule has 1 aromatic heterocycles. The third-order valence-electron chi connectivity index (χ3n) is 5.02. The summed E-state index contributed by atoms with van der Waals surface area (Å²) < 4.78 is 0. The number of anilines is 1. The smallest absolute Gasteiger partial charge is 0.225 e. The highest BCUT2D eigenvalue weighted by Crippen LogP contribution is 2.30. The fraction of sp³-hybridized carbons (Fsp3) is 0.750. The third-order valence-corrected chi connectivity index (χ3v) is 5.02. The van der Waals surface area contributed by atoms with E-state index in [-0.39, 0.29) is 0 Å². The Labute approximate surface area is 121 Å². The van der Waals surface area contributed by atoms with Gasteiger partial charge in [0.1, 0.15) is 0 Å². The monoisotopic (exact) mass is 274 g/mol. The number of aryl methyl sites for hydroxylation is 1. The number of hydrogen-bond donors (Lipinski definition) is 1. The molecule has 2 unspecified atom stereocenters. The van der Waals surface area contributed by atoms with E-state index in [9.17, 15) is 0 Å². The molecule has 4 nitrogen and oxygen atoms in total. The van der Waals surface area contributed by atoms with Crippen LogP contribution in [0, 0.1) is 11.8 Å². The Bertz CT molecular complexity index is 472. The van der Waals surface area contributed by atoms with E-state index in [0.29, 0.717) is 12.6 Å². The van der Waals surface area contributed by atoms with Crippen molar-refractivity contribution in [2.75, 3.05) is 18.0 Å². The van der Waals surface area contributed by atoms with Gasteiger partial charge in [-0.1, -0.05) is 13.8 Å². The van der Waals surface area contributed by atoms with E-state index in [0.717, 1.165) is 37.2 Å². The topological polar surface area (TPSA) is 55.0 Å². The molecule has 1 aliphatic carbocycles. The number of aromatic nitrogens is 2. The lowest BCUT2D eigenvalue weighted by Gasteiger charge is -2.29. The van der Waals surface area contributed by atoms with Gasteiger partial charge in [-0.15, -0.1) is 0 Å².